The molecule has 3 aliphatic heterocycles. The van der Waals surface area contributed by atoms with Crippen LogP contribution in [-0.4, -0.2) is 75.4 Å². The monoisotopic (exact) mass is 553 g/mol. The number of morpholine rings is 1. The number of hydrogen-bond acceptors (Lipinski definition) is 7. The van der Waals surface area contributed by atoms with Gasteiger partial charge in [-0.25, -0.2) is 0 Å². The molecule has 214 valence electrons. The second kappa shape index (κ2) is 10.6. The van der Waals surface area contributed by atoms with Crippen molar-refractivity contribution < 1.29 is 19.0 Å². The fraction of sp³-hybridized carbons (Fsp3) is 0.529. The van der Waals surface area contributed by atoms with Crippen LogP contribution < -0.4 is 9.64 Å². The summed E-state index contributed by atoms with van der Waals surface area (Å²) in [6.45, 7) is 11.6. The number of benzene rings is 2. The Balaban J connectivity index is 1.25. The SMILES string of the molecule is CC1(C)C2=C(C(=O)c3cc(OC4CCOCC4)c(N4CCC(N5CCOCC5)CC4)cc31)c1ccc(C#N)cc1C2. The first-order valence-corrected chi connectivity index (χ1v) is 15.3. The third kappa shape index (κ3) is 4.67. The maximum absolute atomic E-state index is 14.2. The summed E-state index contributed by atoms with van der Waals surface area (Å²) in [6.07, 6.45) is 4.74. The van der Waals surface area contributed by atoms with Crippen LogP contribution in [0, 0.1) is 11.3 Å². The lowest BCUT2D eigenvalue weighted by Crippen LogP contribution is -2.49. The van der Waals surface area contributed by atoms with Gasteiger partial charge in [-0.05, 0) is 65.8 Å². The summed E-state index contributed by atoms with van der Waals surface area (Å²) in [7, 11) is 0. The van der Waals surface area contributed by atoms with Crippen molar-refractivity contribution in [1.82, 2.24) is 4.90 Å². The van der Waals surface area contributed by atoms with Gasteiger partial charge in [-0.1, -0.05) is 19.9 Å². The molecule has 0 N–H and O–H groups in total. The summed E-state index contributed by atoms with van der Waals surface area (Å²) in [5.74, 6) is 0.902. The van der Waals surface area contributed by atoms with Crippen LogP contribution in [0.5, 0.6) is 5.75 Å². The molecule has 2 aliphatic carbocycles. The number of ether oxygens (including phenoxy) is 3. The molecule has 7 heteroatoms. The standard InChI is InChI=1S/C34H39N3O4/c1-34(2)28-20-30(37-9-5-24(6-10-37)36-11-15-40-16-12-36)31(41-25-7-13-39-14-8-25)19-27(28)33(38)32-26-4-3-22(21-35)17-23(26)18-29(32)34/h3-4,17,19-20,24-25H,5-16,18H2,1-2H3. The molecule has 0 unspecified atom stereocenters. The van der Waals surface area contributed by atoms with Gasteiger partial charge in [0.25, 0.3) is 0 Å². The molecule has 3 heterocycles. The van der Waals surface area contributed by atoms with E-state index >= 15 is 0 Å². The summed E-state index contributed by atoms with van der Waals surface area (Å²) in [4.78, 5) is 19.3. The summed E-state index contributed by atoms with van der Waals surface area (Å²) in [5, 5.41) is 9.47. The molecular formula is C34H39N3O4. The minimum Gasteiger partial charge on any atom is -0.488 e. The van der Waals surface area contributed by atoms with Gasteiger partial charge in [0.05, 0.1) is 43.7 Å². The van der Waals surface area contributed by atoms with Crippen LogP contribution in [0.15, 0.2) is 35.9 Å². The first-order chi connectivity index (χ1) is 19.9. The van der Waals surface area contributed by atoms with E-state index in [2.05, 4.69) is 35.8 Å². The lowest BCUT2D eigenvalue weighted by atomic mass is 9.68. The highest BCUT2D eigenvalue weighted by molar-refractivity contribution is 6.33. The summed E-state index contributed by atoms with van der Waals surface area (Å²) < 4.78 is 17.9. The fourth-order valence-corrected chi connectivity index (χ4v) is 7.59. The largest absolute Gasteiger partial charge is 0.488 e. The van der Waals surface area contributed by atoms with Crippen LogP contribution in [-0.2, 0) is 21.3 Å². The van der Waals surface area contributed by atoms with Gasteiger partial charge in [-0.15, -0.1) is 0 Å². The maximum atomic E-state index is 14.2. The lowest BCUT2D eigenvalue weighted by molar-refractivity contribution is 0.0114. The number of piperidine rings is 1. The number of carbonyl (C=O) groups excluding carboxylic acids is 1. The topological polar surface area (TPSA) is 75.0 Å². The molecule has 0 spiro atoms. The number of hydrogen-bond donors (Lipinski definition) is 0. The van der Waals surface area contributed by atoms with Crippen molar-refractivity contribution in [1.29, 1.82) is 5.26 Å². The molecule has 7 nitrogen and oxygen atoms in total. The van der Waals surface area contributed by atoms with Crippen molar-refractivity contribution in [2.75, 3.05) is 57.5 Å². The third-order valence-electron chi connectivity index (χ3n) is 10.0. The van der Waals surface area contributed by atoms with E-state index in [9.17, 15) is 10.1 Å². The number of allylic oxidation sites excluding steroid dienone is 2. The predicted molar refractivity (Wildman–Crippen MR) is 158 cm³/mol. The van der Waals surface area contributed by atoms with Gasteiger partial charge in [-0.2, -0.15) is 5.26 Å². The van der Waals surface area contributed by atoms with Crippen LogP contribution in [0.2, 0.25) is 0 Å². The summed E-state index contributed by atoms with van der Waals surface area (Å²) >= 11 is 0. The molecule has 41 heavy (non-hydrogen) atoms. The Hall–Kier alpha value is -3.18. The van der Waals surface area contributed by atoms with Crippen LogP contribution in [0.3, 0.4) is 0 Å². The number of ketones is 1. The molecular weight excluding hydrogens is 514 g/mol. The number of nitriles is 1. The molecule has 0 saturated carbocycles. The van der Waals surface area contributed by atoms with Gasteiger partial charge in [0.15, 0.2) is 5.78 Å². The second-order valence-corrected chi connectivity index (χ2v) is 12.6. The quantitative estimate of drug-likeness (QED) is 0.533. The Morgan fingerprint density at radius 3 is 2.39 bits per heavy atom. The molecule has 5 aliphatic rings. The Bertz CT molecular complexity index is 1430. The third-order valence-corrected chi connectivity index (χ3v) is 10.0. The predicted octanol–water partition coefficient (Wildman–Crippen LogP) is 4.90. The van der Waals surface area contributed by atoms with E-state index in [1.165, 1.54) is 0 Å². The van der Waals surface area contributed by atoms with E-state index in [4.69, 9.17) is 14.2 Å². The zero-order chi connectivity index (χ0) is 28.1. The first-order valence-electron chi connectivity index (χ1n) is 15.3. The maximum Gasteiger partial charge on any atom is 0.194 e. The number of rotatable bonds is 4. The smallest absolute Gasteiger partial charge is 0.194 e. The van der Waals surface area contributed by atoms with Crippen molar-refractivity contribution in [2.24, 2.45) is 0 Å². The Kier molecular flexibility index (Phi) is 6.89. The minimum atomic E-state index is -0.317. The molecule has 2 aromatic rings. The van der Waals surface area contributed by atoms with Gasteiger partial charge in [0, 0.05) is 61.6 Å². The minimum absolute atomic E-state index is 0.0761. The Morgan fingerprint density at radius 1 is 0.927 bits per heavy atom. The molecule has 3 saturated heterocycles. The molecule has 0 bridgehead atoms. The average molecular weight is 554 g/mol. The summed E-state index contributed by atoms with van der Waals surface area (Å²) in [5.41, 5.74) is 7.30. The normalized spacial score (nSPS) is 23.1. The highest BCUT2D eigenvalue weighted by atomic mass is 16.5. The Morgan fingerprint density at radius 2 is 1.66 bits per heavy atom. The van der Waals surface area contributed by atoms with Gasteiger partial charge < -0.3 is 19.1 Å². The van der Waals surface area contributed by atoms with Crippen molar-refractivity contribution in [3.05, 3.63) is 63.7 Å². The van der Waals surface area contributed by atoms with E-state index in [0.29, 0.717) is 31.2 Å². The molecule has 0 atom stereocenters. The van der Waals surface area contributed by atoms with Crippen molar-refractivity contribution in [2.45, 2.75) is 63.5 Å². The van der Waals surface area contributed by atoms with Crippen LogP contribution in [0.1, 0.15) is 72.1 Å². The van der Waals surface area contributed by atoms with Gasteiger partial charge >= 0.3 is 0 Å². The van der Waals surface area contributed by atoms with Crippen molar-refractivity contribution in [3.8, 4) is 11.8 Å². The zero-order valence-corrected chi connectivity index (χ0v) is 24.2. The van der Waals surface area contributed by atoms with Gasteiger partial charge in [0.2, 0.25) is 0 Å². The van der Waals surface area contributed by atoms with E-state index in [1.54, 1.807) is 0 Å². The van der Waals surface area contributed by atoms with Crippen molar-refractivity contribution >= 4 is 17.0 Å². The van der Waals surface area contributed by atoms with Crippen LogP contribution in [0.25, 0.3) is 5.57 Å². The Labute approximate surface area is 242 Å². The molecule has 0 radical (unpaired) electrons. The lowest BCUT2D eigenvalue weighted by Gasteiger charge is -2.42. The van der Waals surface area contributed by atoms with Crippen LogP contribution in [0.4, 0.5) is 5.69 Å². The highest BCUT2D eigenvalue weighted by Crippen LogP contribution is 2.52. The van der Waals surface area contributed by atoms with Crippen molar-refractivity contribution in [3.63, 3.8) is 0 Å². The fourth-order valence-electron chi connectivity index (χ4n) is 7.59. The molecule has 0 amide bonds. The molecule has 3 fully saturated rings. The highest BCUT2D eigenvalue weighted by Gasteiger charge is 2.44. The average Bonchev–Trinajstić information content (AvgIpc) is 3.41. The van der Waals surface area contributed by atoms with Gasteiger partial charge in [-0.3, -0.25) is 9.69 Å². The number of nitrogens with zero attached hydrogens (tertiary/aromatic N) is 3. The number of fused-ring (bicyclic) bond motifs is 3. The van der Waals surface area contributed by atoms with E-state index in [-0.39, 0.29) is 17.3 Å². The molecule has 0 aromatic heterocycles. The number of carbonyl (C=O) groups is 1. The first kappa shape index (κ1) is 26.7. The number of anilines is 1. The molecule has 2 aromatic carbocycles. The number of Topliss-reactive ketones (excluding diaryl/α,β-unsaturated/α-hetero) is 1. The molecule has 7 rings (SSSR count). The van der Waals surface area contributed by atoms with E-state index < -0.39 is 0 Å². The van der Waals surface area contributed by atoms with Gasteiger partial charge in [0.1, 0.15) is 11.9 Å². The summed E-state index contributed by atoms with van der Waals surface area (Å²) in [6, 6.07) is 12.9. The van der Waals surface area contributed by atoms with E-state index in [0.717, 1.165) is 110 Å². The van der Waals surface area contributed by atoms with E-state index in [1.807, 2.05) is 24.3 Å². The van der Waals surface area contributed by atoms with Crippen LogP contribution >= 0.6 is 0 Å². The zero-order valence-electron chi connectivity index (χ0n) is 24.2. The second-order valence-electron chi connectivity index (χ2n) is 12.6.